The number of carbonyl (C=O) groups excluding carboxylic acids is 1. The third-order valence-electron chi connectivity index (χ3n) is 3.95. The van der Waals surface area contributed by atoms with Crippen LogP contribution in [0.25, 0.3) is 0 Å². The highest BCUT2D eigenvalue weighted by atomic mass is 32.2. The van der Waals surface area contributed by atoms with Crippen molar-refractivity contribution in [3.8, 4) is 0 Å². The van der Waals surface area contributed by atoms with Crippen LogP contribution >= 0.6 is 0 Å². The molecule has 1 aliphatic heterocycles. The number of anilines is 2. The van der Waals surface area contributed by atoms with Crippen LogP contribution in [0.1, 0.15) is 6.42 Å². The zero-order chi connectivity index (χ0) is 17.3. The van der Waals surface area contributed by atoms with Crippen molar-refractivity contribution in [1.82, 2.24) is 0 Å². The fourth-order valence-corrected chi connectivity index (χ4v) is 3.41. The van der Waals surface area contributed by atoms with E-state index in [1.54, 1.807) is 30.3 Å². The van der Waals surface area contributed by atoms with Crippen LogP contribution in [0.4, 0.5) is 15.8 Å². The van der Waals surface area contributed by atoms with Crippen molar-refractivity contribution in [3.05, 3.63) is 54.3 Å². The molecule has 1 saturated heterocycles. The molecule has 1 heterocycles. The van der Waals surface area contributed by atoms with Gasteiger partial charge in [0.05, 0.1) is 10.6 Å². The molecular formula is C17H17FN2O3S. The lowest BCUT2D eigenvalue weighted by Gasteiger charge is -2.18. The van der Waals surface area contributed by atoms with Crippen LogP contribution in [0.5, 0.6) is 0 Å². The fraction of sp³-hybridized carbons (Fsp3) is 0.235. The number of nitrogens with zero attached hydrogens (tertiary/aromatic N) is 1. The normalized spacial score (nSPS) is 18.0. The maximum absolute atomic E-state index is 13.9. The van der Waals surface area contributed by atoms with E-state index in [1.165, 1.54) is 23.1 Å². The molecule has 0 unspecified atom stereocenters. The second-order valence-corrected chi connectivity index (χ2v) is 7.74. The molecule has 1 N–H and O–H groups in total. The van der Waals surface area contributed by atoms with Crippen LogP contribution in [-0.2, 0) is 14.6 Å². The Morgan fingerprint density at radius 3 is 2.62 bits per heavy atom. The summed E-state index contributed by atoms with van der Waals surface area (Å²) >= 11 is 0. The number of hydrogen-bond donors (Lipinski definition) is 1. The first-order valence-corrected chi connectivity index (χ1v) is 9.38. The smallest absolute Gasteiger partial charge is 0.249 e. The average molecular weight is 348 g/mol. The fourth-order valence-electron chi connectivity index (χ4n) is 2.74. The van der Waals surface area contributed by atoms with Crippen molar-refractivity contribution in [3.63, 3.8) is 0 Å². The van der Waals surface area contributed by atoms with E-state index in [0.29, 0.717) is 18.7 Å². The molecular weight excluding hydrogens is 331 g/mol. The van der Waals surface area contributed by atoms with Crippen molar-refractivity contribution in [2.75, 3.05) is 23.0 Å². The van der Waals surface area contributed by atoms with Gasteiger partial charge >= 0.3 is 0 Å². The van der Waals surface area contributed by atoms with E-state index in [-0.39, 0.29) is 16.5 Å². The monoisotopic (exact) mass is 348 g/mol. The Balaban J connectivity index is 1.79. The third kappa shape index (κ3) is 3.26. The molecule has 1 aliphatic rings. The Bertz CT molecular complexity index is 883. The second-order valence-electron chi connectivity index (χ2n) is 5.73. The van der Waals surface area contributed by atoms with Crippen LogP contribution < -0.4 is 10.2 Å². The molecule has 2 aromatic carbocycles. The Labute approximate surface area is 140 Å². The second kappa shape index (κ2) is 6.24. The summed E-state index contributed by atoms with van der Waals surface area (Å²) in [4.78, 5) is 14.1. The first kappa shape index (κ1) is 16.4. The molecule has 24 heavy (non-hydrogen) atoms. The molecule has 7 heteroatoms. The lowest BCUT2D eigenvalue weighted by Crippen LogP contribution is -2.33. The third-order valence-corrected chi connectivity index (χ3v) is 5.06. The van der Waals surface area contributed by atoms with E-state index in [2.05, 4.69) is 5.32 Å². The molecule has 0 saturated carbocycles. The van der Waals surface area contributed by atoms with Crippen molar-refractivity contribution in [2.45, 2.75) is 17.4 Å². The van der Waals surface area contributed by atoms with Crippen molar-refractivity contribution < 1.29 is 17.6 Å². The van der Waals surface area contributed by atoms with Crippen LogP contribution in [-0.4, -0.2) is 33.2 Å². The molecule has 0 aliphatic carbocycles. The Kier molecular flexibility index (Phi) is 4.28. The van der Waals surface area contributed by atoms with E-state index in [9.17, 15) is 17.6 Å². The molecule has 3 rings (SSSR count). The first-order chi connectivity index (χ1) is 11.4. The lowest BCUT2D eigenvalue weighted by molar-refractivity contribution is -0.117. The molecule has 126 valence electrons. The number of carbonyl (C=O) groups is 1. The lowest BCUT2D eigenvalue weighted by atomic mass is 10.2. The van der Waals surface area contributed by atoms with Gasteiger partial charge in [-0.1, -0.05) is 18.2 Å². The summed E-state index contributed by atoms with van der Waals surface area (Å²) in [6, 6.07) is 11.9. The highest BCUT2D eigenvalue weighted by Gasteiger charge is 2.33. The predicted octanol–water partition coefficient (Wildman–Crippen LogP) is 2.45. The van der Waals surface area contributed by atoms with Gasteiger partial charge in [0, 0.05) is 18.5 Å². The van der Waals surface area contributed by atoms with Crippen molar-refractivity contribution in [2.24, 2.45) is 0 Å². The zero-order valence-electron chi connectivity index (χ0n) is 13.1. The molecule has 2 aromatic rings. The average Bonchev–Trinajstić information content (AvgIpc) is 2.88. The summed E-state index contributed by atoms with van der Waals surface area (Å²) in [6.07, 6.45) is 1.64. The van der Waals surface area contributed by atoms with E-state index < -0.39 is 21.7 Å². The number of nitrogens with one attached hydrogen (secondary N) is 1. The Morgan fingerprint density at radius 1 is 1.17 bits per heavy atom. The van der Waals surface area contributed by atoms with Crippen molar-refractivity contribution in [1.29, 1.82) is 0 Å². The quantitative estimate of drug-likeness (QED) is 0.922. The van der Waals surface area contributed by atoms with Gasteiger partial charge in [-0.2, -0.15) is 0 Å². The van der Waals surface area contributed by atoms with Crippen LogP contribution in [0.3, 0.4) is 0 Å². The topological polar surface area (TPSA) is 66.5 Å². The van der Waals surface area contributed by atoms with E-state index in [4.69, 9.17) is 0 Å². The molecule has 0 bridgehead atoms. The summed E-state index contributed by atoms with van der Waals surface area (Å²) in [5, 5.41) is 3.04. The predicted molar refractivity (Wildman–Crippen MR) is 90.3 cm³/mol. The Hall–Kier alpha value is -2.41. The SMILES string of the molecule is CS(=O)(=O)c1cccc(N[C@H]2CCN(c3ccccc3F)C2=O)c1. The number of amides is 1. The van der Waals surface area contributed by atoms with Gasteiger partial charge in [0.25, 0.3) is 0 Å². The number of para-hydroxylation sites is 1. The van der Waals surface area contributed by atoms with E-state index in [0.717, 1.165) is 6.26 Å². The van der Waals surface area contributed by atoms with Gasteiger partial charge in [0.2, 0.25) is 5.91 Å². The first-order valence-electron chi connectivity index (χ1n) is 7.49. The standard InChI is InChI=1S/C17H17FN2O3S/c1-24(22,23)13-6-4-5-12(11-13)19-15-9-10-20(17(15)21)16-8-3-2-7-14(16)18/h2-8,11,15,19H,9-10H2,1H3/t15-/m0/s1. The number of halogens is 1. The van der Waals surface area contributed by atoms with Gasteiger partial charge in [-0.05, 0) is 36.8 Å². The number of hydrogen-bond acceptors (Lipinski definition) is 4. The van der Waals surface area contributed by atoms with E-state index in [1.807, 2.05) is 0 Å². The molecule has 5 nitrogen and oxygen atoms in total. The Morgan fingerprint density at radius 2 is 1.92 bits per heavy atom. The minimum atomic E-state index is -3.32. The molecule has 0 spiro atoms. The minimum Gasteiger partial charge on any atom is -0.374 e. The molecule has 1 fully saturated rings. The van der Waals surface area contributed by atoms with Crippen LogP contribution in [0.2, 0.25) is 0 Å². The van der Waals surface area contributed by atoms with Gasteiger partial charge in [-0.15, -0.1) is 0 Å². The van der Waals surface area contributed by atoms with Gasteiger partial charge in [0.1, 0.15) is 11.9 Å². The van der Waals surface area contributed by atoms with Crippen molar-refractivity contribution >= 4 is 27.1 Å². The minimum absolute atomic E-state index is 0.184. The number of sulfone groups is 1. The maximum atomic E-state index is 13.9. The summed E-state index contributed by atoms with van der Waals surface area (Å²) in [7, 11) is -3.32. The number of rotatable bonds is 4. The molecule has 1 atom stereocenters. The van der Waals surface area contributed by atoms with Gasteiger partial charge in [-0.3, -0.25) is 4.79 Å². The van der Waals surface area contributed by atoms with Crippen LogP contribution in [0, 0.1) is 5.82 Å². The molecule has 0 aromatic heterocycles. The molecule has 1 amide bonds. The van der Waals surface area contributed by atoms with Gasteiger partial charge in [0.15, 0.2) is 9.84 Å². The maximum Gasteiger partial charge on any atom is 0.249 e. The molecule has 0 radical (unpaired) electrons. The summed E-state index contributed by atoms with van der Waals surface area (Å²) in [5.41, 5.74) is 0.809. The number of benzene rings is 2. The highest BCUT2D eigenvalue weighted by molar-refractivity contribution is 7.90. The van der Waals surface area contributed by atoms with Gasteiger partial charge < -0.3 is 10.2 Å². The zero-order valence-corrected chi connectivity index (χ0v) is 13.9. The summed E-state index contributed by atoms with van der Waals surface area (Å²) in [5.74, 6) is -0.671. The largest absolute Gasteiger partial charge is 0.374 e. The summed E-state index contributed by atoms with van der Waals surface area (Å²) < 4.78 is 37.1. The summed E-state index contributed by atoms with van der Waals surface area (Å²) in [6.45, 7) is 0.406. The van der Waals surface area contributed by atoms with E-state index >= 15 is 0 Å². The highest BCUT2D eigenvalue weighted by Crippen LogP contribution is 2.26. The van der Waals surface area contributed by atoms with Crippen LogP contribution in [0.15, 0.2) is 53.4 Å². The van der Waals surface area contributed by atoms with Gasteiger partial charge in [-0.25, -0.2) is 12.8 Å².